The zero-order valence-electron chi connectivity index (χ0n) is 14.0. The third-order valence-electron chi connectivity index (χ3n) is 3.85. The van der Waals surface area contributed by atoms with E-state index in [1.54, 1.807) is 33.5 Å². The second-order valence-corrected chi connectivity index (χ2v) is 6.96. The van der Waals surface area contributed by atoms with Gasteiger partial charge in [0.2, 0.25) is 5.75 Å². The molecule has 1 aliphatic rings. The number of rotatable bonds is 5. The summed E-state index contributed by atoms with van der Waals surface area (Å²) in [5, 5.41) is 11.2. The molecule has 0 aromatic heterocycles. The number of alkyl halides is 1. The Morgan fingerprint density at radius 1 is 1.13 bits per heavy atom. The van der Waals surface area contributed by atoms with Crippen molar-refractivity contribution in [2.24, 2.45) is 0 Å². The van der Waals surface area contributed by atoms with Crippen LogP contribution in [0.3, 0.4) is 0 Å². The van der Waals surface area contributed by atoms with Gasteiger partial charge in [-0.1, -0.05) is 11.6 Å². The SMILES string of the molecule is COc1cc(C(O)(I)C2=CC(C)=CCN2C)cc(OC)c1OC. The van der Waals surface area contributed by atoms with Gasteiger partial charge in [0.25, 0.3) is 0 Å². The van der Waals surface area contributed by atoms with E-state index in [2.05, 4.69) is 6.08 Å². The van der Waals surface area contributed by atoms with E-state index in [0.29, 0.717) is 22.8 Å². The lowest BCUT2D eigenvalue weighted by atomic mass is 10.0. The van der Waals surface area contributed by atoms with E-state index in [1.165, 1.54) is 0 Å². The first-order valence-corrected chi connectivity index (χ1v) is 8.24. The van der Waals surface area contributed by atoms with Gasteiger partial charge < -0.3 is 24.2 Å². The molecule has 0 bridgehead atoms. The third-order valence-corrected chi connectivity index (χ3v) is 5.02. The largest absolute Gasteiger partial charge is 0.493 e. The van der Waals surface area contributed by atoms with Crippen molar-refractivity contribution in [3.63, 3.8) is 0 Å². The van der Waals surface area contributed by atoms with Crippen molar-refractivity contribution in [3.05, 3.63) is 41.1 Å². The molecule has 23 heavy (non-hydrogen) atoms. The number of methoxy groups -OCH3 is 3. The highest BCUT2D eigenvalue weighted by molar-refractivity contribution is 14.1. The van der Waals surface area contributed by atoms with Crippen LogP contribution in [0.4, 0.5) is 0 Å². The summed E-state index contributed by atoms with van der Waals surface area (Å²) in [5.74, 6) is 1.54. The second kappa shape index (κ2) is 7.00. The number of allylic oxidation sites excluding steroid dienone is 2. The minimum absolute atomic E-state index is 0.507. The van der Waals surface area contributed by atoms with Crippen LogP contribution in [0.15, 0.2) is 35.6 Å². The van der Waals surface area contributed by atoms with Crippen LogP contribution in [0.2, 0.25) is 0 Å². The summed E-state index contributed by atoms with van der Waals surface area (Å²) < 4.78 is 14.9. The molecule has 0 amide bonds. The van der Waals surface area contributed by atoms with Crippen molar-refractivity contribution in [2.75, 3.05) is 34.9 Å². The van der Waals surface area contributed by atoms with Crippen LogP contribution < -0.4 is 14.2 Å². The van der Waals surface area contributed by atoms with Gasteiger partial charge in [0.1, 0.15) is 0 Å². The average molecular weight is 431 g/mol. The fourth-order valence-electron chi connectivity index (χ4n) is 2.53. The van der Waals surface area contributed by atoms with Crippen LogP contribution in [0.5, 0.6) is 17.2 Å². The molecule has 126 valence electrons. The number of halogens is 1. The maximum absolute atomic E-state index is 11.2. The van der Waals surface area contributed by atoms with Gasteiger partial charge in [0, 0.05) is 19.2 Å². The summed E-state index contributed by atoms with van der Waals surface area (Å²) >= 11 is 2.04. The molecule has 0 aliphatic carbocycles. The minimum atomic E-state index is -1.21. The number of nitrogens with zero attached hydrogens (tertiary/aromatic N) is 1. The highest BCUT2D eigenvalue weighted by atomic mass is 127. The van der Waals surface area contributed by atoms with Crippen LogP contribution in [0.1, 0.15) is 12.5 Å². The summed E-state index contributed by atoms with van der Waals surface area (Å²) in [7, 11) is 6.64. The Bertz CT molecular complexity index is 627. The van der Waals surface area contributed by atoms with Crippen molar-refractivity contribution >= 4 is 22.6 Å². The number of hydrogen-bond acceptors (Lipinski definition) is 5. The number of hydrogen-bond donors (Lipinski definition) is 1. The van der Waals surface area contributed by atoms with Crippen molar-refractivity contribution in [3.8, 4) is 17.2 Å². The summed E-state index contributed by atoms with van der Waals surface area (Å²) in [5.41, 5.74) is 2.61. The number of likely N-dealkylation sites (N-methyl/N-ethyl adjacent to an activating group) is 1. The van der Waals surface area contributed by atoms with Crippen LogP contribution in [0, 0.1) is 0 Å². The van der Waals surface area contributed by atoms with Crippen LogP contribution in [0.25, 0.3) is 0 Å². The van der Waals surface area contributed by atoms with Crippen molar-refractivity contribution in [1.29, 1.82) is 0 Å². The quantitative estimate of drug-likeness (QED) is 0.574. The van der Waals surface area contributed by atoms with Gasteiger partial charge in [-0.15, -0.1) is 0 Å². The Morgan fingerprint density at radius 2 is 1.70 bits per heavy atom. The van der Waals surface area contributed by atoms with Crippen LogP contribution in [-0.4, -0.2) is 44.9 Å². The molecule has 1 aromatic carbocycles. The van der Waals surface area contributed by atoms with Gasteiger partial charge in [-0.05, 0) is 47.7 Å². The highest BCUT2D eigenvalue weighted by Gasteiger charge is 2.35. The lowest BCUT2D eigenvalue weighted by Crippen LogP contribution is -2.34. The lowest BCUT2D eigenvalue weighted by Gasteiger charge is -2.35. The monoisotopic (exact) mass is 431 g/mol. The fraction of sp³-hybridized carbons (Fsp3) is 0.412. The molecule has 0 radical (unpaired) electrons. The normalized spacial score (nSPS) is 17.1. The molecule has 1 unspecified atom stereocenters. The Labute approximate surface area is 150 Å². The predicted octanol–water partition coefficient (Wildman–Crippen LogP) is 3.07. The van der Waals surface area contributed by atoms with Gasteiger partial charge in [-0.2, -0.15) is 0 Å². The third kappa shape index (κ3) is 3.42. The molecular weight excluding hydrogens is 409 g/mol. The van der Waals surface area contributed by atoms with Crippen LogP contribution in [-0.2, 0) is 3.61 Å². The predicted molar refractivity (Wildman–Crippen MR) is 98.5 cm³/mol. The van der Waals surface area contributed by atoms with E-state index in [0.717, 1.165) is 17.8 Å². The van der Waals surface area contributed by atoms with Crippen molar-refractivity contribution in [1.82, 2.24) is 4.90 Å². The minimum Gasteiger partial charge on any atom is -0.493 e. The molecule has 2 rings (SSSR count). The van der Waals surface area contributed by atoms with E-state index in [4.69, 9.17) is 14.2 Å². The highest BCUT2D eigenvalue weighted by Crippen LogP contribution is 2.46. The van der Waals surface area contributed by atoms with Gasteiger partial charge >= 0.3 is 0 Å². The standard InChI is InChI=1S/C17H22INO4/c1-11-6-7-19(2)15(8-11)17(18,20)12-9-13(21-3)16(23-5)14(10-12)22-4/h6,8-10,20H,7H2,1-5H3. The Morgan fingerprint density at radius 3 is 2.17 bits per heavy atom. The van der Waals surface area contributed by atoms with E-state index < -0.39 is 3.61 Å². The zero-order valence-corrected chi connectivity index (χ0v) is 16.2. The Hall–Kier alpha value is -1.41. The Balaban J connectivity index is 2.57. The van der Waals surface area contributed by atoms with E-state index in [-0.39, 0.29) is 0 Å². The topological polar surface area (TPSA) is 51.2 Å². The molecule has 1 heterocycles. The maximum atomic E-state index is 11.2. The molecule has 5 nitrogen and oxygen atoms in total. The fourth-order valence-corrected chi connectivity index (χ4v) is 3.41. The molecule has 1 aromatic rings. The Kier molecular flexibility index (Phi) is 5.46. The maximum Gasteiger partial charge on any atom is 0.203 e. The number of ether oxygens (including phenoxy) is 3. The van der Waals surface area contributed by atoms with Crippen LogP contribution >= 0.6 is 22.6 Å². The molecule has 0 fully saturated rings. The molecule has 0 spiro atoms. The summed E-state index contributed by atoms with van der Waals surface area (Å²) in [6.45, 7) is 2.78. The first kappa shape index (κ1) is 17.9. The van der Waals surface area contributed by atoms with Gasteiger partial charge in [-0.25, -0.2) is 0 Å². The molecule has 6 heteroatoms. The molecule has 1 N–H and O–H groups in total. The lowest BCUT2D eigenvalue weighted by molar-refractivity contribution is 0.158. The first-order chi connectivity index (χ1) is 10.8. The number of benzene rings is 1. The molecule has 0 saturated heterocycles. The van der Waals surface area contributed by atoms with Gasteiger partial charge in [-0.3, -0.25) is 0 Å². The summed E-state index contributed by atoms with van der Waals surface area (Å²) in [6, 6.07) is 3.55. The molecule has 1 atom stereocenters. The van der Waals surface area contributed by atoms with E-state index in [1.807, 2.05) is 47.5 Å². The van der Waals surface area contributed by atoms with E-state index >= 15 is 0 Å². The average Bonchev–Trinajstić information content (AvgIpc) is 2.55. The second-order valence-electron chi connectivity index (χ2n) is 5.39. The smallest absolute Gasteiger partial charge is 0.203 e. The molecule has 0 saturated carbocycles. The summed E-state index contributed by atoms with van der Waals surface area (Å²) in [6.07, 6.45) is 4.10. The molecule has 1 aliphatic heterocycles. The van der Waals surface area contributed by atoms with Gasteiger partial charge in [0.15, 0.2) is 15.1 Å². The first-order valence-electron chi connectivity index (χ1n) is 7.17. The summed E-state index contributed by atoms with van der Waals surface area (Å²) in [4.78, 5) is 2.02. The van der Waals surface area contributed by atoms with Crippen molar-refractivity contribution < 1.29 is 19.3 Å². The number of aliphatic hydroxyl groups is 1. The molecular formula is C17H22INO4. The van der Waals surface area contributed by atoms with Crippen molar-refractivity contribution in [2.45, 2.75) is 10.5 Å². The van der Waals surface area contributed by atoms with Gasteiger partial charge in [0.05, 0.1) is 27.0 Å². The van der Waals surface area contributed by atoms with E-state index in [9.17, 15) is 5.11 Å². The zero-order chi connectivity index (χ0) is 17.2.